The summed E-state index contributed by atoms with van der Waals surface area (Å²) in [6.07, 6.45) is 3.91. The molecule has 2 N–H and O–H groups in total. The van der Waals surface area contributed by atoms with Crippen LogP contribution < -0.4 is 5.73 Å². The highest BCUT2D eigenvalue weighted by molar-refractivity contribution is 4.76. The fourth-order valence-corrected chi connectivity index (χ4v) is 2.23. The van der Waals surface area contributed by atoms with Crippen molar-refractivity contribution in [3.8, 4) is 0 Å². The minimum atomic E-state index is 0.385. The molecular formula is C11H24N2. The smallest absolute Gasteiger partial charge is 0.00385 e. The summed E-state index contributed by atoms with van der Waals surface area (Å²) in [5.74, 6) is 0.884. The lowest BCUT2D eigenvalue weighted by Crippen LogP contribution is -2.39. The Labute approximate surface area is 82.5 Å². The van der Waals surface area contributed by atoms with Crippen LogP contribution in [0, 0.1) is 5.92 Å². The van der Waals surface area contributed by atoms with Crippen molar-refractivity contribution in [2.24, 2.45) is 11.7 Å². The molecule has 1 rings (SSSR count). The molecule has 0 amide bonds. The second-order valence-electron chi connectivity index (χ2n) is 4.79. The van der Waals surface area contributed by atoms with Crippen LogP contribution >= 0.6 is 0 Å². The SMILES string of the molecule is CC(N)CC1CCN(C(C)C)CC1. The fraction of sp³-hybridized carbons (Fsp3) is 1.00. The van der Waals surface area contributed by atoms with Gasteiger partial charge in [-0.3, -0.25) is 0 Å². The standard InChI is InChI=1S/C11H24N2/c1-9(2)13-6-4-11(5-7-13)8-10(3)12/h9-11H,4-8,12H2,1-3H3. The monoisotopic (exact) mass is 184 g/mol. The number of piperidine rings is 1. The van der Waals surface area contributed by atoms with Crippen molar-refractivity contribution in [3.05, 3.63) is 0 Å². The van der Waals surface area contributed by atoms with Gasteiger partial charge in [-0.05, 0) is 59.0 Å². The second-order valence-corrected chi connectivity index (χ2v) is 4.79. The highest BCUT2D eigenvalue weighted by Crippen LogP contribution is 2.22. The van der Waals surface area contributed by atoms with Crippen LogP contribution in [0.25, 0.3) is 0 Å². The molecule has 2 nitrogen and oxygen atoms in total. The lowest BCUT2D eigenvalue weighted by Gasteiger charge is -2.35. The van der Waals surface area contributed by atoms with Gasteiger partial charge in [0.1, 0.15) is 0 Å². The van der Waals surface area contributed by atoms with E-state index in [0.29, 0.717) is 6.04 Å². The Morgan fingerprint density at radius 1 is 1.23 bits per heavy atom. The molecule has 1 atom stereocenters. The molecule has 1 heterocycles. The molecule has 1 aliphatic rings. The molecule has 0 aromatic carbocycles. The number of hydrogen-bond donors (Lipinski definition) is 1. The van der Waals surface area contributed by atoms with Crippen molar-refractivity contribution in [3.63, 3.8) is 0 Å². The van der Waals surface area contributed by atoms with Crippen molar-refractivity contribution in [1.29, 1.82) is 0 Å². The minimum Gasteiger partial charge on any atom is -0.328 e. The number of nitrogens with two attached hydrogens (primary N) is 1. The van der Waals surface area contributed by atoms with Crippen molar-refractivity contribution in [2.75, 3.05) is 13.1 Å². The molecule has 1 fully saturated rings. The average Bonchev–Trinajstić information content (AvgIpc) is 2.04. The van der Waals surface area contributed by atoms with Crippen LogP contribution in [0.2, 0.25) is 0 Å². The summed E-state index contributed by atoms with van der Waals surface area (Å²) in [4.78, 5) is 2.57. The van der Waals surface area contributed by atoms with Crippen LogP contribution in [0.1, 0.15) is 40.0 Å². The molecule has 1 saturated heterocycles. The van der Waals surface area contributed by atoms with Crippen LogP contribution in [0.5, 0.6) is 0 Å². The minimum absolute atomic E-state index is 0.385. The Morgan fingerprint density at radius 2 is 1.77 bits per heavy atom. The molecule has 0 aliphatic carbocycles. The zero-order valence-corrected chi connectivity index (χ0v) is 9.29. The highest BCUT2D eigenvalue weighted by Gasteiger charge is 2.21. The maximum atomic E-state index is 5.80. The molecular weight excluding hydrogens is 160 g/mol. The van der Waals surface area contributed by atoms with E-state index in [4.69, 9.17) is 5.73 Å². The largest absolute Gasteiger partial charge is 0.328 e. The first-order valence-corrected chi connectivity index (χ1v) is 5.59. The lowest BCUT2D eigenvalue weighted by molar-refractivity contribution is 0.143. The Morgan fingerprint density at radius 3 is 2.15 bits per heavy atom. The van der Waals surface area contributed by atoms with Gasteiger partial charge in [-0.2, -0.15) is 0 Å². The quantitative estimate of drug-likeness (QED) is 0.725. The van der Waals surface area contributed by atoms with Crippen molar-refractivity contribution in [2.45, 2.75) is 52.1 Å². The van der Waals surface area contributed by atoms with E-state index in [9.17, 15) is 0 Å². The van der Waals surface area contributed by atoms with Crippen molar-refractivity contribution in [1.82, 2.24) is 4.90 Å². The maximum Gasteiger partial charge on any atom is 0.00385 e. The van der Waals surface area contributed by atoms with Gasteiger partial charge >= 0.3 is 0 Å². The summed E-state index contributed by atoms with van der Waals surface area (Å²) in [5.41, 5.74) is 5.80. The number of likely N-dealkylation sites (tertiary alicyclic amines) is 1. The first-order chi connectivity index (χ1) is 6.09. The normalized spacial score (nSPS) is 23.8. The van der Waals surface area contributed by atoms with Gasteiger partial charge in [-0.1, -0.05) is 0 Å². The Balaban J connectivity index is 2.22. The van der Waals surface area contributed by atoms with Gasteiger partial charge in [0.15, 0.2) is 0 Å². The van der Waals surface area contributed by atoms with Gasteiger partial charge in [-0.15, -0.1) is 0 Å². The van der Waals surface area contributed by atoms with Crippen molar-refractivity contribution >= 4 is 0 Å². The summed E-state index contributed by atoms with van der Waals surface area (Å²) < 4.78 is 0. The van der Waals surface area contributed by atoms with Gasteiger partial charge in [0.25, 0.3) is 0 Å². The van der Waals surface area contributed by atoms with E-state index < -0.39 is 0 Å². The van der Waals surface area contributed by atoms with E-state index >= 15 is 0 Å². The zero-order chi connectivity index (χ0) is 9.84. The summed E-state index contributed by atoms with van der Waals surface area (Å²) >= 11 is 0. The summed E-state index contributed by atoms with van der Waals surface area (Å²) in [5, 5.41) is 0. The maximum absolute atomic E-state index is 5.80. The predicted molar refractivity (Wildman–Crippen MR) is 57.7 cm³/mol. The molecule has 0 aromatic heterocycles. The van der Waals surface area contributed by atoms with E-state index in [1.807, 2.05) is 0 Å². The van der Waals surface area contributed by atoms with E-state index in [0.717, 1.165) is 12.0 Å². The summed E-state index contributed by atoms with van der Waals surface area (Å²) in [6.45, 7) is 9.23. The van der Waals surface area contributed by atoms with Crippen LogP contribution in [-0.4, -0.2) is 30.1 Å². The number of nitrogens with zero attached hydrogens (tertiary/aromatic N) is 1. The molecule has 2 heteroatoms. The molecule has 0 spiro atoms. The van der Waals surface area contributed by atoms with Crippen LogP contribution in [0.15, 0.2) is 0 Å². The molecule has 0 bridgehead atoms. The van der Waals surface area contributed by atoms with Crippen molar-refractivity contribution < 1.29 is 0 Å². The van der Waals surface area contributed by atoms with E-state index in [1.165, 1.54) is 32.4 Å². The Hall–Kier alpha value is -0.0800. The third-order valence-corrected chi connectivity index (χ3v) is 3.08. The van der Waals surface area contributed by atoms with E-state index in [-0.39, 0.29) is 0 Å². The van der Waals surface area contributed by atoms with Crippen LogP contribution in [0.4, 0.5) is 0 Å². The number of hydrogen-bond acceptors (Lipinski definition) is 2. The van der Waals surface area contributed by atoms with Gasteiger partial charge < -0.3 is 10.6 Å². The average molecular weight is 184 g/mol. The third kappa shape index (κ3) is 3.65. The summed E-state index contributed by atoms with van der Waals surface area (Å²) in [6, 6.07) is 1.10. The van der Waals surface area contributed by atoms with Crippen LogP contribution in [-0.2, 0) is 0 Å². The molecule has 78 valence electrons. The third-order valence-electron chi connectivity index (χ3n) is 3.08. The highest BCUT2D eigenvalue weighted by atomic mass is 15.1. The second kappa shape index (κ2) is 4.97. The fourth-order valence-electron chi connectivity index (χ4n) is 2.23. The molecule has 0 saturated carbocycles. The molecule has 0 radical (unpaired) electrons. The molecule has 0 aromatic rings. The molecule has 13 heavy (non-hydrogen) atoms. The van der Waals surface area contributed by atoms with E-state index in [2.05, 4.69) is 25.7 Å². The predicted octanol–water partition coefficient (Wildman–Crippen LogP) is 1.84. The molecule has 1 unspecified atom stereocenters. The first kappa shape index (κ1) is 11.0. The Bertz CT molecular complexity index is 135. The number of rotatable bonds is 3. The van der Waals surface area contributed by atoms with Crippen LogP contribution in [0.3, 0.4) is 0 Å². The Kier molecular flexibility index (Phi) is 4.20. The van der Waals surface area contributed by atoms with E-state index in [1.54, 1.807) is 0 Å². The lowest BCUT2D eigenvalue weighted by atomic mass is 9.90. The van der Waals surface area contributed by atoms with Gasteiger partial charge in [0, 0.05) is 12.1 Å². The summed E-state index contributed by atoms with van der Waals surface area (Å²) in [7, 11) is 0. The first-order valence-electron chi connectivity index (χ1n) is 5.59. The topological polar surface area (TPSA) is 29.3 Å². The molecule has 1 aliphatic heterocycles. The zero-order valence-electron chi connectivity index (χ0n) is 9.29. The van der Waals surface area contributed by atoms with Gasteiger partial charge in [0.2, 0.25) is 0 Å². The van der Waals surface area contributed by atoms with Gasteiger partial charge in [-0.25, -0.2) is 0 Å². The van der Waals surface area contributed by atoms with Gasteiger partial charge in [0.05, 0.1) is 0 Å².